The van der Waals surface area contributed by atoms with Gasteiger partial charge in [0.2, 0.25) is 0 Å². The molecule has 4 nitrogen and oxygen atoms in total. The summed E-state index contributed by atoms with van der Waals surface area (Å²) in [6.07, 6.45) is 8.52. The van der Waals surface area contributed by atoms with E-state index in [2.05, 4.69) is 39.8 Å². The van der Waals surface area contributed by atoms with Gasteiger partial charge in [-0.15, -0.1) is 0 Å². The fourth-order valence-corrected chi connectivity index (χ4v) is 2.97. The van der Waals surface area contributed by atoms with Crippen molar-refractivity contribution in [2.75, 3.05) is 11.4 Å². The highest BCUT2D eigenvalue weighted by Crippen LogP contribution is 2.28. The molecular formula is C16H22N4. The van der Waals surface area contributed by atoms with E-state index in [0.29, 0.717) is 6.04 Å². The Labute approximate surface area is 120 Å². The SMILES string of the molecule is CC(C)CCC1CCCN1c1ccc2nccnc2n1. The van der Waals surface area contributed by atoms with Gasteiger partial charge in [-0.1, -0.05) is 13.8 Å². The van der Waals surface area contributed by atoms with Crippen LogP contribution in [0.2, 0.25) is 0 Å². The van der Waals surface area contributed by atoms with Gasteiger partial charge >= 0.3 is 0 Å². The number of aromatic nitrogens is 3. The molecule has 0 spiro atoms. The van der Waals surface area contributed by atoms with Crippen LogP contribution in [0.1, 0.15) is 39.5 Å². The first-order chi connectivity index (χ1) is 9.74. The highest BCUT2D eigenvalue weighted by Gasteiger charge is 2.25. The standard InChI is InChI=1S/C16H22N4/c1-12(2)5-6-13-4-3-11-20(13)15-8-7-14-16(19-15)18-10-9-17-14/h7-10,12-13H,3-6,11H2,1-2H3. The maximum absolute atomic E-state index is 4.69. The zero-order valence-corrected chi connectivity index (χ0v) is 12.3. The van der Waals surface area contributed by atoms with Crippen molar-refractivity contribution in [1.29, 1.82) is 0 Å². The molecule has 0 N–H and O–H groups in total. The van der Waals surface area contributed by atoms with Gasteiger partial charge in [-0.25, -0.2) is 9.97 Å². The first-order valence-corrected chi connectivity index (χ1v) is 7.58. The van der Waals surface area contributed by atoms with Crippen LogP contribution in [0.25, 0.3) is 11.2 Å². The summed E-state index contributed by atoms with van der Waals surface area (Å²) in [4.78, 5) is 15.7. The third kappa shape index (κ3) is 2.74. The Morgan fingerprint density at radius 2 is 2.10 bits per heavy atom. The number of pyridine rings is 1. The Balaban J connectivity index is 1.81. The molecule has 0 amide bonds. The first-order valence-electron chi connectivity index (χ1n) is 7.58. The minimum atomic E-state index is 0.638. The molecule has 1 aliphatic rings. The smallest absolute Gasteiger partial charge is 0.180 e. The molecule has 3 rings (SSSR count). The van der Waals surface area contributed by atoms with Crippen molar-refractivity contribution in [1.82, 2.24) is 15.0 Å². The van der Waals surface area contributed by atoms with Gasteiger partial charge < -0.3 is 4.90 Å². The van der Waals surface area contributed by atoms with Crippen LogP contribution in [-0.4, -0.2) is 27.5 Å². The number of nitrogens with zero attached hydrogens (tertiary/aromatic N) is 4. The summed E-state index contributed by atoms with van der Waals surface area (Å²) < 4.78 is 0. The van der Waals surface area contributed by atoms with Crippen LogP contribution in [0, 0.1) is 5.92 Å². The van der Waals surface area contributed by atoms with Gasteiger partial charge in [0.25, 0.3) is 0 Å². The molecular weight excluding hydrogens is 248 g/mol. The summed E-state index contributed by atoms with van der Waals surface area (Å²) in [5.74, 6) is 1.83. The minimum Gasteiger partial charge on any atom is -0.354 e. The van der Waals surface area contributed by atoms with Crippen molar-refractivity contribution in [3.05, 3.63) is 24.5 Å². The van der Waals surface area contributed by atoms with Crippen molar-refractivity contribution >= 4 is 17.0 Å². The lowest BCUT2D eigenvalue weighted by Crippen LogP contribution is -2.30. The highest BCUT2D eigenvalue weighted by molar-refractivity contribution is 5.71. The molecule has 106 valence electrons. The van der Waals surface area contributed by atoms with Crippen LogP contribution in [0.4, 0.5) is 5.82 Å². The Morgan fingerprint density at radius 3 is 2.95 bits per heavy atom. The van der Waals surface area contributed by atoms with E-state index in [1.54, 1.807) is 12.4 Å². The van der Waals surface area contributed by atoms with Gasteiger partial charge in [-0.3, -0.25) is 4.98 Å². The summed E-state index contributed by atoms with van der Waals surface area (Å²) in [6.45, 7) is 5.70. The zero-order valence-electron chi connectivity index (χ0n) is 12.3. The third-order valence-electron chi connectivity index (χ3n) is 4.07. The topological polar surface area (TPSA) is 41.9 Å². The van der Waals surface area contributed by atoms with Crippen LogP contribution >= 0.6 is 0 Å². The van der Waals surface area contributed by atoms with Crippen molar-refractivity contribution < 1.29 is 0 Å². The lowest BCUT2D eigenvalue weighted by molar-refractivity contribution is 0.494. The summed E-state index contributed by atoms with van der Waals surface area (Å²) in [5, 5.41) is 0. The van der Waals surface area contributed by atoms with Gasteiger partial charge in [0.15, 0.2) is 5.65 Å². The van der Waals surface area contributed by atoms with E-state index in [1.807, 2.05) is 6.07 Å². The molecule has 0 saturated carbocycles. The molecule has 1 aliphatic heterocycles. The molecule has 0 radical (unpaired) electrons. The zero-order chi connectivity index (χ0) is 13.9. The second kappa shape index (κ2) is 5.73. The average molecular weight is 270 g/mol. The van der Waals surface area contributed by atoms with E-state index >= 15 is 0 Å². The molecule has 0 aromatic carbocycles. The lowest BCUT2D eigenvalue weighted by Gasteiger charge is -2.26. The van der Waals surface area contributed by atoms with Crippen molar-refractivity contribution in [3.63, 3.8) is 0 Å². The van der Waals surface area contributed by atoms with E-state index in [1.165, 1.54) is 25.7 Å². The van der Waals surface area contributed by atoms with Crippen LogP contribution in [0.5, 0.6) is 0 Å². The average Bonchev–Trinajstić information content (AvgIpc) is 2.93. The second-order valence-electron chi connectivity index (χ2n) is 6.03. The van der Waals surface area contributed by atoms with Crippen LogP contribution < -0.4 is 4.90 Å². The van der Waals surface area contributed by atoms with Gasteiger partial charge in [0.1, 0.15) is 11.3 Å². The lowest BCUT2D eigenvalue weighted by atomic mass is 10.0. The fourth-order valence-electron chi connectivity index (χ4n) is 2.97. The van der Waals surface area contributed by atoms with E-state index in [9.17, 15) is 0 Å². The van der Waals surface area contributed by atoms with Crippen molar-refractivity contribution in [2.45, 2.75) is 45.6 Å². The summed E-state index contributed by atoms with van der Waals surface area (Å²) in [6, 6.07) is 4.76. The van der Waals surface area contributed by atoms with Crippen LogP contribution in [-0.2, 0) is 0 Å². The summed E-state index contributed by atoms with van der Waals surface area (Å²) in [5.41, 5.74) is 1.62. The maximum Gasteiger partial charge on any atom is 0.180 e. The Kier molecular flexibility index (Phi) is 3.81. The Bertz CT molecular complexity index is 581. The number of fused-ring (bicyclic) bond motifs is 1. The molecule has 1 fully saturated rings. The van der Waals surface area contributed by atoms with Gasteiger partial charge in [-0.05, 0) is 43.7 Å². The van der Waals surface area contributed by atoms with Gasteiger partial charge in [-0.2, -0.15) is 0 Å². The van der Waals surface area contributed by atoms with Crippen LogP contribution in [0.3, 0.4) is 0 Å². The molecule has 3 heterocycles. The summed E-state index contributed by atoms with van der Waals surface area (Å²) in [7, 11) is 0. The van der Waals surface area contributed by atoms with Crippen LogP contribution in [0.15, 0.2) is 24.5 Å². The highest BCUT2D eigenvalue weighted by atomic mass is 15.2. The molecule has 4 heteroatoms. The molecule has 2 aromatic rings. The Morgan fingerprint density at radius 1 is 1.25 bits per heavy atom. The van der Waals surface area contributed by atoms with Crippen molar-refractivity contribution in [3.8, 4) is 0 Å². The normalized spacial score (nSPS) is 19.1. The monoisotopic (exact) mass is 270 g/mol. The number of rotatable bonds is 4. The molecule has 1 atom stereocenters. The molecule has 2 aromatic heterocycles. The number of hydrogen-bond acceptors (Lipinski definition) is 4. The maximum atomic E-state index is 4.69. The van der Waals surface area contributed by atoms with E-state index in [0.717, 1.165) is 29.4 Å². The fraction of sp³-hybridized carbons (Fsp3) is 0.562. The van der Waals surface area contributed by atoms with Gasteiger partial charge in [0, 0.05) is 25.0 Å². The van der Waals surface area contributed by atoms with Gasteiger partial charge in [0.05, 0.1) is 0 Å². The quantitative estimate of drug-likeness (QED) is 0.853. The predicted molar refractivity (Wildman–Crippen MR) is 81.8 cm³/mol. The van der Waals surface area contributed by atoms with E-state index in [4.69, 9.17) is 0 Å². The van der Waals surface area contributed by atoms with E-state index in [-0.39, 0.29) is 0 Å². The predicted octanol–water partition coefficient (Wildman–Crippen LogP) is 3.43. The summed E-state index contributed by atoms with van der Waals surface area (Å²) >= 11 is 0. The largest absolute Gasteiger partial charge is 0.354 e. The molecule has 0 bridgehead atoms. The Hall–Kier alpha value is -1.71. The second-order valence-corrected chi connectivity index (χ2v) is 6.03. The van der Waals surface area contributed by atoms with E-state index < -0.39 is 0 Å². The molecule has 0 aliphatic carbocycles. The molecule has 1 unspecified atom stereocenters. The minimum absolute atomic E-state index is 0.638. The first kappa shape index (κ1) is 13.3. The molecule has 1 saturated heterocycles. The number of anilines is 1. The number of hydrogen-bond donors (Lipinski definition) is 0. The molecule has 20 heavy (non-hydrogen) atoms. The van der Waals surface area contributed by atoms with Crippen molar-refractivity contribution in [2.24, 2.45) is 5.92 Å². The third-order valence-corrected chi connectivity index (χ3v) is 4.07.